The lowest BCUT2D eigenvalue weighted by molar-refractivity contribution is -0.140. The molecule has 0 bridgehead atoms. The molecular formula is C13H18BrNO4S. The van der Waals surface area contributed by atoms with Crippen LogP contribution in [0.15, 0.2) is 28.7 Å². The molecule has 0 aliphatic rings. The molecule has 0 radical (unpaired) electrons. The Morgan fingerprint density at radius 1 is 1.30 bits per heavy atom. The van der Waals surface area contributed by atoms with Crippen molar-refractivity contribution in [1.29, 1.82) is 0 Å². The Bertz CT molecular complexity index is 542. The summed E-state index contributed by atoms with van der Waals surface area (Å²) in [5.74, 6) is -0.453. The van der Waals surface area contributed by atoms with Gasteiger partial charge in [-0.15, -0.1) is 0 Å². The number of ether oxygens (including phenoxy) is 1. The van der Waals surface area contributed by atoms with E-state index in [1.54, 1.807) is 0 Å². The highest BCUT2D eigenvalue weighted by molar-refractivity contribution is 9.10. The summed E-state index contributed by atoms with van der Waals surface area (Å²) in [6.45, 7) is 0.313. The van der Waals surface area contributed by atoms with Crippen molar-refractivity contribution in [3.8, 4) is 0 Å². The van der Waals surface area contributed by atoms with Crippen molar-refractivity contribution in [1.82, 2.24) is 4.31 Å². The van der Waals surface area contributed by atoms with Crippen LogP contribution in [-0.2, 0) is 26.1 Å². The zero-order chi connectivity index (χ0) is 15.2. The summed E-state index contributed by atoms with van der Waals surface area (Å²) in [6, 6.07) is 7.47. The van der Waals surface area contributed by atoms with E-state index in [0.717, 1.165) is 10.0 Å². The lowest BCUT2D eigenvalue weighted by Crippen LogP contribution is -2.29. The number of esters is 1. The summed E-state index contributed by atoms with van der Waals surface area (Å²) >= 11 is 3.33. The first-order valence-electron chi connectivity index (χ1n) is 6.10. The van der Waals surface area contributed by atoms with Crippen LogP contribution >= 0.6 is 15.9 Å². The highest BCUT2D eigenvalue weighted by atomic mass is 79.9. The van der Waals surface area contributed by atoms with Crippen LogP contribution in [0.2, 0.25) is 0 Å². The van der Waals surface area contributed by atoms with Crippen LogP contribution < -0.4 is 0 Å². The molecule has 0 N–H and O–H groups in total. The monoisotopic (exact) mass is 363 g/mol. The first kappa shape index (κ1) is 17.1. The maximum Gasteiger partial charge on any atom is 0.305 e. The molecule has 0 fully saturated rings. The van der Waals surface area contributed by atoms with Gasteiger partial charge in [-0.2, -0.15) is 0 Å². The molecule has 0 spiro atoms. The summed E-state index contributed by atoms with van der Waals surface area (Å²) in [5.41, 5.74) is 0.909. The molecule has 1 aromatic rings. The molecule has 0 atom stereocenters. The standard InChI is InChI=1S/C13H18BrNO4S/c1-15(10-11-5-7-12(14)8-6-11)20(17,18)9-3-4-13(16)19-2/h5-8H,3-4,9-10H2,1-2H3. The third-order valence-electron chi connectivity index (χ3n) is 2.80. The Morgan fingerprint density at radius 3 is 2.45 bits per heavy atom. The number of benzene rings is 1. The molecule has 1 rings (SSSR count). The van der Waals surface area contributed by atoms with E-state index in [9.17, 15) is 13.2 Å². The highest BCUT2D eigenvalue weighted by Crippen LogP contribution is 2.13. The van der Waals surface area contributed by atoms with Gasteiger partial charge in [0.25, 0.3) is 0 Å². The third-order valence-corrected chi connectivity index (χ3v) is 5.22. The first-order valence-corrected chi connectivity index (χ1v) is 8.50. The van der Waals surface area contributed by atoms with Crippen LogP contribution in [0, 0.1) is 0 Å². The van der Waals surface area contributed by atoms with E-state index in [0.29, 0.717) is 6.54 Å². The Labute approximate surface area is 128 Å². The number of rotatable bonds is 7. The fourth-order valence-corrected chi connectivity index (χ4v) is 3.03. The van der Waals surface area contributed by atoms with Crippen LogP contribution in [0.5, 0.6) is 0 Å². The van der Waals surface area contributed by atoms with Crippen molar-refractivity contribution in [3.63, 3.8) is 0 Å². The molecule has 0 aromatic heterocycles. The first-order chi connectivity index (χ1) is 9.35. The fourth-order valence-electron chi connectivity index (χ4n) is 1.60. The molecule has 0 heterocycles. The molecule has 0 unspecified atom stereocenters. The molecule has 0 amide bonds. The zero-order valence-electron chi connectivity index (χ0n) is 11.5. The van der Waals surface area contributed by atoms with Gasteiger partial charge in [-0.3, -0.25) is 4.79 Å². The van der Waals surface area contributed by atoms with Crippen LogP contribution in [0.1, 0.15) is 18.4 Å². The second-order valence-corrected chi connectivity index (χ2v) is 7.49. The second kappa shape index (κ2) is 7.75. The van der Waals surface area contributed by atoms with Crippen molar-refractivity contribution < 1.29 is 17.9 Å². The van der Waals surface area contributed by atoms with E-state index in [4.69, 9.17) is 0 Å². The Hall–Kier alpha value is -0.920. The Morgan fingerprint density at radius 2 is 1.90 bits per heavy atom. The lowest BCUT2D eigenvalue weighted by atomic mass is 10.2. The molecular weight excluding hydrogens is 346 g/mol. The van der Waals surface area contributed by atoms with Crippen molar-refractivity contribution in [2.45, 2.75) is 19.4 Å². The Balaban J connectivity index is 2.54. The number of halogens is 1. The SMILES string of the molecule is COC(=O)CCCS(=O)(=O)N(C)Cc1ccc(Br)cc1. The van der Waals surface area contributed by atoms with Gasteiger partial charge in [0.2, 0.25) is 10.0 Å². The van der Waals surface area contributed by atoms with Crippen molar-refractivity contribution in [2.75, 3.05) is 19.9 Å². The number of carbonyl (C=O) groups is 1. The summed E-state index contributed by atoms with van der Waals surface area (Å²) in [5, 5.41) is 0. The predicted molar refractivity (Wildman–Crippen MR) is 80.6 cm³/mol. The van der Waals surface area contributed by atoms with Crippen molar-refractivity contribution in [3.05, 3.63) is 34.3 Å². The second-order valence-electron chi connectivity index (χ2n) is 4.38. The smallest absolute Gasteiger partial charge is 0.305 e. The van der Waals surface area contributed by atoms with Crippen molar-refractivity contribution in [2.24, 2.45) is 0 Å². The minimum Gasteiger partial charge on any atom is -0.469 e. The van der Waals surface area contributed by atoms with Gasteiger partial charge in [-0.1, -0.05) is 28.1 Å². The van der Waals surface area contributed by atoms with E-state index in [1.165, 1.54) is 18.5 Å². The predicted octanol–water partition coefficient (Wildman–Crippen LogP) is 2.16. The number of carbonyl (C=O) groups excluding carboxylic acids is 1. The lowest BCUT2D eigenvalue weighted by Gasteiger charge is -2.17. The number of hydrogen-bond acceptors (Lipinski definition) is 4. The Kier molecular flexibility index (Phi) is 6.64. The topological polar surface area (TPSA) is 63.7 Å². The summed E-state index contributed by atoms with van der Waals surface area (Å²) in [7, 11) is -0.533. The molecule has 0 aliphatic heterocycles. The average Bonchev–Trinajstić information content (AvgIpc) is 2.40. The van der Waals surface area contributed by atoms with Gasteiger partial charge >= 0.3 is 5.97 Å². The fraction of sp³-hybridized carbons (Fsp3) is 0.462. The largest absolute Gasteiger partial charge is 0.469 e. The zero-order valence-corrected chi connectivity index (χ0v) is 13.9. The minimum atomic E-state index is -3.36. The van der Waals surface area contributed by atoms with Crippen molar-refractivity contribution >= 4 is 31.9 Å². The summed E-state index contributed by atoms with van der Waals surface area (Å²) in [6.07, 6.45) is 0.377. The molecule has 0 saturated carbocycles. The maximum atomic E-state index is 12.0. The summed E-state index contributed by atoms with van der Waals surface area (Å²) in [4.78, 5) is 11.0. The molecule has 0 saturated heterocycles. The van der Waals surface area contributed by atoms with Gasteiger partial charge in [-0.25, -0.2) is 12.7 Å². The normalized spacial score (nSPS) is 11.6. The molecule has 20 heavy (non-hydrogen) atoms. The number of nitrogens with zero attached hydrogens (tertiary/aromatic N) is 1. The van der Waals surface area contributed by atoms with E-state index in [-0.39, 0.29) is 18.6 Å². The highest BCUT2D eigenvalue weighted by Gasteiger charge is 2.18. The molecule has 0 aliphatic carbocycles. The third kappa shape index (κ3) is 5.60. The molecule has 112 valence electrons. The molecule has 7 heteroatoms. The van der Waals surface area contributed by atoms with Crippen LogP contribution in [0.25, 0.3) is 0 Å². The van der Waals surface area contributed by atoms with Gasteiger partial charge in [0.05, 0.1) is 12.9 Å². The van der Waals surface area contributed by atoms with Gasteiger partial charge in [-0.05, 0) is 24.1 Å². The average molecular weight is 364 g/mol. The number of methoxy groups -OCH3 is 1. The van der Waals surface area contributed by atoms with Crippen LogP contribution in [-0.4, -0.2) is 38.6 Å². The van der Waals surface area contributed by atoms with E-state index in [2.05, 4.69) is 20.7 Å². The van der Waals surface area contributed by atoms with Gasteiger partial charge in [0.15, 0.2) is 0 Å². The van der Waals surface area contributed by atoms with Gasteiger partial charge < -0.3 is 4.74 Å². The minimum absolute atomic E-state index is 0.0604. The van der Waals surface area contributed by atoms with E-state index in [1.807, 2.05) is 24.3 Å². The molecule has 5 nitrogen and oxygen atoms in total. The van der Waals surface area contributed by atoms with Gasteiger partial charge in [0, 0.05) is 24.5 Å². The number of sulfonamides is 1. The van der Waals surface area contributed by atoms with Gasteiger partial charge in [0.1, 0.15) is 0 Å². The van der Waals surface area contributed by atoms with E-state index < -0.39 is 16.0 Å². The molecule has 1 aromatic carbocycles. The maximum absolute atomic E-state index is 12.0. The van der Waals surface area contributed by atoms with E-state index >= 15 is 0 Å². The van der Waals surface area contributed by atoms with Crippen LogP contribution in [0.3, 0.4) is 0 Å². The van der Waals surface area contributed by atoms with Crippen LogP contribution in [0.4, 0.5) is 0 Å². The quantitative estimate of drug-likeness (QED) is 0.696. The summed E-state index contributed by atoms with van der Waals surface area (Å²) < 4.78 is 30.8. The number of hydrogen-bond donors (Lipinski definition) is 0.